The molecule has 0 fully saturated rings. The molecule has 3 aromatic carbocycles. The molecule has 0 saturated heterocycles. The van der Waals surface area contributed by atoms with E-state index in [4.69, 9.17) is 16.3 Å². The number of carbonyl (C=O) groups is 2. The van der Waals surface area contributed by atoms with Crippen LogP contribution in [0.25, 0.3) is 0 Å². The third-order valence-corrected chi connectivity index (χ3v) is 7.53. The summed E-state index contributed by atoms with van der Waals surface area (Å²) in [6.07, 6.45) is 1.17. The highest BCUT2D eigenvalue weighted by Gasteiger charge is 2.42. The second-order valence-electron chi connectivity index (χ2n) is 10.7. The van der Waals surface area contributed by atoms with Gasteiger partial charge in [-0.25, -0.2) is 0 Å². The van der Waals surface area contributed by atoms with Crippen molar-refractivity contribution in [3.8, 4) is 5.75 Å². The minimum Gasteiger partial charge on any atom is -0.497 e. The van der Waals surface area contributed by atoms with Gasteiger partial charge in [0.2, 0.25) is 5.91 Å². The molecular weight excluding hydrogens is 498 g/mol. The zero-order valence-corrected chi connectivity index (χ0v) is 22.6. The maximum Gasteiger partial charge on any atom is 0.239 e. The molecule has 0 bridgehead atoms. The standard InChI is InChI=1S/C31H32ClN3O3/c1-31(2)16-25-29(27(36)17-31)30(20-10-8-11-22(15-20)38-3)35(26-14-7-6-13-24(26)34-25)19-28(37)33-18-21-9-4-5-12-23(21)32/h4-15,30,34H,16-19H2,1-3H3,(H,33,37). The van der Waals surface area contributed by atoms with Crippen LogP contribution in [0.4, 0.5) is 11.4 Å². The molecule has 7 heteroatoms. The highest BCUT2D eigenvalue weighted by molar-refractivity contribution is 6.31. The summed E-state index contributed by atoms with van der Waals surface area (Å²) in [5.74, 6) is 0.618. The molecule has 1 aliphatic heterocycles. The van der Waals surface area contributed by atoms with E-state index in [9.17, 15) is 9.59 Å². The molecule has 5 rings (SSSR count). The van der Waals surface area contributed by atoms with Crippen LogP contribution in [0.1, 0.15) is 43.9 Å². The largest absolute Gasteiger partial charge is 0.497 e. The number of amides is 1. The van der Waals surface area contributed by atoms with E-state index in [0.717, 1.165) is 34.6 Å². The predicted molar refractivity (Wildman–Crippen MR) is 151 cm³/mol. The second-order valence-corrected chi connectivity index (χ2v) is 11.1. The van der Waals surface area contributed by atoms with Gasteiger partial charge in [-0.1, -0.05) is 67.9 Å². The van der Waals surface area contributed by atoms with E-state index in [0.29, 0.717) is 29.3 Å². The van der Waals surface area contributed by atoms with E-state index in [1.807, 2.05) is 77.7 Å². The van der Waals surface area contributed by atoms with Gasteiger partial charge >= 0.3 is 0 Å². The Morgan fingerprint density at radius 1 is 1.08 bits per heavy atom. The molecule has 2 aliphatic rings. The van der Waals surface area contributed by atoms with Crippen LogP contribution in [0.5, 0.6) is 5.75 Å². The summed E-state index contributed by atoms with van der Waals surface area (Å²) < 4.78 is 5.53. The molecule has 0 saturated carbocycles. The third-order valence-electron chi connectivity index (χ3n) is 7.16. The summed E-state index contributed by atoms with van der Waals surface area (Å²) in [6.45, 7) is 4.61. The Labute approximate surface area is 228 Å². The fourth-order valence-electron chi connectivity index (χ4n) is 5.43. The number of nitrogens with one attached hydrogen (secondary N) is 2. The molecule has 1 atom stereocenters. The Bertz CT molecular complexity index is 1410. The van der Waals surface area contributed by atoms with E-state index in [1.54, 1.807) is 7.11 Å². The third kappa shape index (κ3) is 5.27. The van der Waals surface area contributed by atoms with Crippen molar-refractivity contribution in [2.75, 3.05) is 23.9 Å². The number of rotatable bonds is 6. The van der Waals surface area contributed by atoms with E-state index in [2.05, 4.69) is 24.5 Å². The van der Waals surface area contributed by atoms with Gasteiger partial charge in [0.05, 0.1) is 31.1 Å². The summed E-state index contributed by atoms with van der Waals surface area (Å²) in [7, 11) is 1.63. The highest BCUT2D eigenvalue weighted by Crippen LogP contribution is 2.48. The lowest BCUT2D eigenvalue weighted by Gasteiger charge is -2.38. The van der Waals surface area contributed by atoms with E-state index in [1.165, 1.54) is 0 Å². The number of Topliss-reactive ketones (excluding diaryl/α,β-unsaturated/α-hetero) is 1. The van der Waals surface area contributed by atoms with Crippen LogP contribution in [0.2, 0.25) is 5.02 Å². The summed E-state index contributed by atoms with van der Waals surface area (Å²) in [5, 5.41) is 7.21. The van der Waals surface area contributed by atoms with Crippen LogP contribution in [0, 0.1) is 5.41 Å². The molecule has 3 aromatic rings. The Balaban J connectivity index is 1.59. The monoisotopic (exact) mass is 529 g/mol. The van der Waals surface area contributed by atoms with Crippen LogP contribution >= 0.6 is 11.6 Å². The Hall–Kier alpha value is -3.77. The Morgan fingerprint density at radius 2 is 1.84 bits per heavy atom. The highest BCUT2D eigenvalue weighted by atomic mass is 35.5. The number of anilines is 2. The van der Waals surface area contributed by atoms with Gasteiger partial charge in [-0.2, -0.15) is 0 Å². The number of hydrogen-bond acceptors (Lipinski definition) is 5. The Kier molecular flexibility index (Phi) is 7.17. The van der Waals surface area contributed by atoms with Crippen molar-refractivity contribution in [3.05, 3.63) is 100 Å². The number of ketones is 1. The zero-order chi connectivity index (χ0) is 26.9. The number of para-hydroxylation sites is 2. The topological polar surface area (TPSA) is 70.7 Å². The second kappa shape index (κ2) is 10.5. The van der Waals surface area contributed by atoms with Crippen LogP contribution < -0.4 is 20.3 Å². The predicted octanol–water partition coefficient (Wildman–Crippen LogP) is 6.28. The number of halogens is 1. The maximum absolute atomic E-state index is 13.8. The number of allylic oxidation sites excluding steroid dienone is 1. The van der Waals surface area contributed by atoms with Gasteiger partial charge in [-0.15, -0.1) is 0 Å². The molecule has 2 N–H and O–H groups in total. The Morgan fingerprint density at radius 3 is 2.63 bits per heavy atom. The summed E-state index contributed by atoms with van der Waals surface area (Å²) in [6, 6.07) is 22.6. The number of hydrogen-bond donors (Lipinski definition) is 2. The fourth-order valence-corrected chi connectivity index (χ4v) is 5.63. The maximum atomic E-state index is 13.8. The van der Waals surface area contributed by atoms with Gasteiger partial charge in [0, 0.05) is 29.3 Å². The summed E-state index contributed by atoms with van der Waals surface area (Å²) in [4.78, 5) is 29.2. The van der Waals surface area contributed by atoms with Gasteiger partial charge in [0.15, 0.2) is 5.78 Å². The van der Waals surface area contributed by atoms with Gasteiger partial charge in [-0.3, -0.25) is 9.59 Å². The fraction of sp³-hybridized carbons (Fsp3) is 0.290. The average Bonchev–Trinajstić information content (AvgIpc) is 3.02. The molecular formula is C31H32ClN3O3. The van der Waals surface area contributed by atoms with Crippen LogP contribution in [0.15, 0.2) is 84.1 Å². The molecule has 1 unspecified atom stereocenters. The van der Waals surface area contributed by atoms with Gasteiger partial charge in [0.25, 0.3) is 0 Å². The van der Waals surface area contributed by atoms with E-state index in [-0.39, 0.29) is 23.7 Å². The smallest absolute Gasteiger partial charge is 0.239 e. The van der Waals surface area contributed by atoms with Gasteiger partial charge in [-0.05, 0) is 53.3 Å². The number of ether oxygens (including phenoxy) is 1. The number of carbonyl (C=O) groups excluding carboxylic acids is 2. The van der Waals surface area contributed by atoms with E-state index < -0.39 is 6.04 Å². The summed E-state index contributed by atoms with van der Waals surface area (Å²) >= 11 is 6.31. The molecule has 196 valence electrons. The SMILES string of the molecule is COc1cccc(C2C3=C(CC(C)(C)CC3=O)Nc3ccccc3N2CC(=O)NCc2ccccc2Cl)c1. The molecule has 1 aliphatic carbocycles. The minimum atomic E-state index is -0.467. The van der Waals surface area contributed by atoms with Gasteiger partial charge < -0.3 is 20.3 Å². The lowest BCUT2D eigenvalue weighted by molar-refractivity contribution is -0.120. The lowest BCUT2D eigenvalue weighted by Crippen LogP contribution is -2.41. The average molecular weight is 530 g/mol. The first-order valence-corrected chi connectivity index (χ1v) is 13.2. The first-order chi connectivity index (χ1) is 18.3. The molecule has 38 heavy (non-hydrogen) atoms. The molecule has 0 radical (unpaired) electrons. The lowest BCUT2D eigenvalue weighted by atomic mass is 9.73. The molecule has 0 spiro atoms. The van der Waals surface area contributed by atoms with Crippen molar-refractivity contribution < 1.29 is 14.3 Å². The van der Waals surface area contributed by atoms with Crippen molar-refractivity contribution in [1.82, 2.24) is 5.32 Å². The molecule has 1 heterocycles. The molecule has 1 amide bonds. The van der Waals surface area contributed by atoms with Crippen molar-refractivity contribution in [2.24, 2.45) is 5.41 Å². The molecule has 6 nitrogen and oxygen atoms in total. The first-order valence-electron chi connectivity index (χ1n) is 12.8. The number of benzene rings is 3. The van der Waals surface area contributed by atoms with E-state index >= 15 is 0 Å². The molecule has 0 aromatic heterocycles. The minimum absolute atomic E-state index is 0.0540. The van der Waals surface area contributed by atoms with Crippen LogP contribution in [-0.2, 0) is 16.1 Å². The zero-order valence-electron chi connectivity index (χ0n) is 21.9. The number of nitrogens with zero attached hydrogens (tertiary/aromatic N) is 1. The van der Waals surface area contributed by atoms with Crippen molar-refractivity contribution in [1.29, 1.82) is 0 Å². The van der Waals surface area contributed by atoms with Crippen LogP contribution in [0.3, 0.4) is 0 Å². The normalized spacial score (nSPS) is 18.2. The number of methoxy groups -OCH3 is 1. The number of fused-ring (bicyclic) bond motifs is 1. The summed E-state index contributed by atoms with van der Waals surface area (Å²) in [5.41, 5.74) is 4.90. The van der Waals surface area contributed by atoms with Crippen molar-refractivity contribution in [3.63, 3.8) is 0 Å². The quantitative estimate of drug-likeness (QED) is 0.393. The first kappa shape index (κ1) is 25.9. The van der Waals surface area contributed by atoms with Crippen molar-refractivity contribution in [2.45, 2.75) is 39.3 Å². The van der Waals surface area contributed by atoms with Crippen molar-refractivity contribution >= 4 is 34.7 Å². The van der Waals surface area contributed by atoms with Crippen LogP contribution in [-0.4, -0.2) is 25.3 Å². The van der Waals surface area contributed by atoms with Gasteiger partial charge in [0.1, 0.15) is 5.75 Å².